The van der Waals surface area contributed by atoms with Gasteiger partial charge in [-0.15, -0.1) is 0 Å². The molecule has 33 heavy (non-hydrogen) atoms. The summed E-state index contributed by atoms with van der Waals surface area (Å²) in [5.41, 5.74) is 6.68. The topological polar surface area (TPSA) is 18.8 Å². The van der Waals surface area contributed by atoms with Gasteiger partial charge < -0.3 is 4.90 Å². The maximum Gasteiger partial charge on any atom is 0.418 e. The van der Waals surface area contributed by atoms with Crippen LogP contribution in [0, 0.1) is 0 Å². The average molecular weight is 450 g/mol. The van der Waals surface area contributed by atoms with Crippen molar-refractivity contribution in [2.24, 2.45) is 5.10 Å². The predicted octanol–water partition coefficient (Wildman–Crippen LogP) is 7.06. The fraction of sp³-hybridized carbons (Fsp3) is 0.370. The first-order valence-corrected chi connectivity index (χ1v) is 11.9. The van der Waals surface area contributed by atoms with Crippen LogP contribution >= 0.6 is 0 Å². The van der Waals surface area contributed by atoms with Gasteiger partial charge >= 0.3 is 6.18 Å². The highest BCUT2D eigenvalue weighted by atomic mass is 19.4. The zero-order valence-corrected chi connectivity index (χ0v) is 18.5. The van der Waals surface area contributed by atoms with Crippen molar-refractivity contribution in [1.29, 1.82) is 0 Å². The van der Waals surface area contributed by atoms with Crippen molar-refractivity contribution in [3.05, 3.63) is 82.1 Å². The van der Waals surface area contributed by atoms with Gasteiger partial charge in [0.1, 0.15) is 0 Å². The van der Waals surface area contributed by atoms with E-state index < -0.39 is 11.7 Å². The largest absolute Gasteiger partial charge is 0.418 e. The molecule has 2 aliphatic carbocycles. The highest BCUT2D eigenvalue weighted by Crippen LogP contribution is 2.49. The lowest BCUT2D eigenvalue weighted by molar-refractivity contribution is -0.137. The standard InChI is InChI=1S/C27H26F3N3/c28-27(29,30)23-14-13-20(32-15-4-5-16-32)17-24(23)33-26(19-11-12-19)22-10-6-9-21(22)25(31-33)18-7-2-1-3-8-18/h1-3,7-8,13-14,17H,4-6,9-12,15-16H2. The molecule has 2 fully saturated rings. The van der Waals surface area contributed by atoms with Crippen LogP contribution in [-0.4, -0.2) is 18.8 Å². The van der Waals surface area contributed by atoms with Crippen molar-refractivity contribution in [2.75, 3.05) is 23.0 Å². The number of hydrogen-bond acceptors (Lipinski definition) is 3. The average Bonchev–Trinajstić information content (AvgIpc) is 3.29. The molecule has 1 saturated heterocycles. The number of rotatable bonds is 3. The maximum absolute atomic E-state index is 14.2. The first-order chi connectivity index (χ1) is 16.0. The van der Waals surface area contributed by atoms with E-state index in [0.717, 1.165) is 80.7 Å². The molecule has 0 N–H and O–H groups in total. The number of allylic oxidation sites excluding steroid dienone is 3. The van der Waals surface area contributed by atoms with Gasteiger partial charge in [0.2, 0.25) is 0 Å². The van der Waals surface area contributed by atoms with Crippen LogP contribution in [0.15, 0.2) is 76.0 Å². The lowest BCUT2D eigenvalue weighted by Gasteiger charge is -2.33. The number of alkyl halides is 3. The first kappa shape index (κ1) is 20.6. The molecule has 0 unspecified atom stereocenters. The minimum absolute atomic E-state index is 0.146. The third kappa shape index (κ3) is 3.65. The fourth-order valence-corrected chi connectivity index (χ4v) is 5.38. The molecule has 6 rings (SSSR count). The number of hydrazone groups is 1. The Morgan fingerprint density at radius 1 is 0.788 bits per heavy atom. The van der Waals surface area contributed by atoms with Crippen molar-refractivity contribution < 1.29 is 13.2 Å². The van der Waals surface area contributed by atoms with E-state index in [4.69, 9.17) is 5.10 Å². The van der Waals surface area contributed by atoms with E-state index in [9.17, 15) is 13.2 Å². The van der Waals surface area contributed by atoms with E-state index >= 15 is 0 Å². The van der Waals surface area contributed by atoms with E-state index in [-0.39, 0.29) is 5.69 Å². The molecule has 4 aliphatic rings. The molecule has 1 saturated carbocycles. The van der Waals surface area contributed by atoms with Gasteiger partial charge in [0, 0.05) is 24.3 Å². The Hall–Kier alpha value is -3.02. The van der Waals surface area contributed by atoms with Gasteiger partial charge in [-0.05, 0) is 79.9 Å². The molecule has 0 radical (unpaired) electrons. The lowest BCUT2D eigenvalue weighted by Crippen LogP contribution is -2.29. The molecule has 2 aliphatic heterocycles. The summed E-state index contributed by atoms with van der Waals surface area (Å²) < 4.78 is 42.7. The summed E-state index contributed by atoms with van der Waals surface area (Å²) in [7, 11) is 0. The van der Waals surface area contributed by atoms with E-state index in [0.29, 0.717) is 0 Å². The van der Waals surface area contributed by atoms with E-state index in [1.165, 1.54) is 22.8 Å². The molecule has 2 aromatic carbocycles. The maximum atomic E-state index is 14.2. The van der Waals surface area contributed by atoms with Crippen LogP contribution in [-0.2, 0) is 6.18 Å². The normalized spacial score (nSPS) is 20.5. The third-order valence-electron chi connectivity index (χ3n) is 7.07. The molecule has 0 amide bonds. The zero-order chi connectivity index (χ0) is 22.6. The summed E-state index contributed by atoms with van der Waals surface area (Å²) in [6.45, 7) is 1.76. The van der Waals surface area contributed by atoms with Gasteiger partial charge in [-0.25, -0.2) is 5.01 Å². The number of anilines is 2. The van der Waals surface area contributed by atoms with Crippen LogP contribution in [0.25, 0.3) is 0 Å². The van der Waals surface area contributed by atoms with Gasteiger partial charge in [0.05, 0.1) is 22.7 Å². The third-order valence-corrected chi connectivity index (χ3v) is 7.07. The quantitative estimate of drug-likeness (QED) is 0.500. The molecule has 0 atom stereocenters. The molecule has 0 aromatic heterocycles. The van der Waals surface area contributed by atoms with Crippen molar-refractivity contribution in [2.45, 2.75) is 51.1 Å². The van der Waals surface area contributed by atoms with Crippen molar-refractivity contribution >= 4 is 17.1 Å². The molecular weight excluding hydrogens is 423 g/mol. The minimum Gasteiger partial charge on any atom is -0.371 e. The molecule has 2 heterocycles. The summed E-state index contributed by atoms with van der Waals surface area (Å²) in [5.74, 6) is 0. The van der Waals surface area contributed by atoms with Crippen LogP contribution in [0.3, 0.4) is 0 Å². The Bertz CT molecular complexity index is 1180. The van der Waals surface area contributed by atoms with Gasteiger partial charge in [-0.1, -0.05) is 30.3 Å². The molecule has 0 bridgehead atoms. The zero-order valence-electron chi connectivity index (χ0n) is 18.5. The van der Waals surface area contributed by atoms with Crippen LogP contribution in [0.4, 0.5) is 24.5 Å². The SMILES string of the molecule is FC(F)(F)c1ccc(N2CCCC2)cc1N1N=C(c2ccccc2)C2=C(CCC2)C1=C1CC1. The van der Waals surface area contributed by atoms with Crippen LogP contribution < -0.4 is 9.91 Å². The first-order valence-electron chi connectivity index (χ1n) is 11.9. The van der Waals surface area contributed by atoms with E-state index in [2.05, 4.69) is 4.90 Å². The van der Waals surface area contributed by atoms with Crippen LogP contribution in [0.1, 0.15) is 56.1 Å². The van der Waals surface area contributed by atoms with Gasteiger partial charge in [-0.3, -0.25) is 0 Å². The molecule has 2 aromatic rings. The second-order valence-electron chi connectivity index (χ2n) is 9.28. The van der Waals surface area contributed by atoms with Crippen LogP contribution in [0.5, 0.6) is 0 Å². The summed E-state index contributed by atoms with van der Waals surface area (Å²) in [5, 5.41) is 6.60. The van der Waals surface area contributed by atoms with Crippen molar-refractivity contribution in [3.63, 3.8) is 0 Å². The highest BCUT2D eigenvalue weighted by molar-refractivity contribution is 6.15. The van der Waals surface area contributed by atoms with Gasteiger partial charge in [0.15, 0.2) is 0 Å². The number of hydrogen-bond donors (Lipinski definition) is 0. The molecule has 6 heteroatoms. The molecular formula is C27H26F3N3. The molecule has 3 nitrogen and oxygen atoms in total. The Balaban J connectivity index is 1.56. The Morgan fingerprint density at radius 3 is 2.21 bits per heavy atom. The Morgan fingerprint density at radius 2 is 1.52 bits per heavy atom. The second-order valence-corrected chi connectivity index (χ2v) is 9.28. The summed E-state index contributed by atoms with van der Waals surface area (Å²) in [6.07, 6.45) is 2.39. The van der Waals surface area contributed by atoms with E-state index in [1.807, 2.05) is 30.3 Å². The van der Waals surface area contributed by atoms with Crippen LogP contribution in [0.2, 0.25) is 0 Å². The smallest absolute Gasteiger partial charge is 0.371 e. The number of benzene rings is 2. The number of halogens is 3. The fourth-order valence-electron chi connectivity index (χ4n) is 5.38. The summed E-state index contributed by atoms with van der Waals surface area (Å²) in [4.78, 5) is 2.18. The Labute approximate surface area is 191 Å². The van der Waals surface area contributed by atoms with Crippen molar-refractivity contribution in [3.8, 4) is 0 Å². The monoisotopic (exact) mass is 449 g/mol. The summed E-state index contributed by atoms with van der Waals surface area (Å²) >= 11 is 0. The Kier molecular flexibility index (Phi) is 4.86. The number of nitrogens with zero attached hydrogens (tertiary/aromatic N) is 3. The molecule has 170 valence electrons. The molecule has 0 spiro atoms. The minimum atomic E-state index is -4.45. The lowest BCUT2D eigenvalue weighted by atomic mass is 9.95. The van der Waals surface area contributed by atoms with Crippen molar-refractivity contribution in [1.82, 2.24) is 0 Å². The van der Waals surface area contributed by atoms with Gasteiger partial charge in [0.25, 0.3) is 0 Å². The van der Waals surface area contributed by atoms with E-state index in [1.54, 1.807) is 17.1 Å². The van der Waals surface area contributed by atoms with Gasteiger partial charge in [-0.2, -0.15) is 18.3 Å². The predicted molar refractivity (Wildman–Crippen MR) is 125 cm³/mol. The summed E-state index contributed by atoms with van der Waals surface area (Å²) in [6, 6.07) is 14.4. The second kappa shape index (κ2) is 7.79. The highest BCUT2D eigenvalue weighted by Gasteiger charge is 2.40.